The molecule has 0 aliphatic heterocycles. The van der Waals surface area contributed by atoms with Crippen LogP contribution < -0.4 is 14.8 Å². The predicted molar refractivity (Wildman–Crippen MR) is 81.5 cm³/mol. The molecule has 0 spiro atoms. The van der Waals surface area contributed by atoms with Gasteiger partial charge in [-0.1, -0.05) is 19.9 Å². The maximum atomic E-state index is 10.4. The van der Waals surface area contributed by atoms with Crippen molar-refractivity contribution in [2.45, 2.75) is 39.2 Å². The van der Waals surface area contributed by atoms with E-state index in [4.69, 9.17) is 9.47 Å². The predicted octanol–water partition coefficient (Wildman–Crippen LogP) is 2.69. The molecule has 1 rings (SSSR count). The van der Waals surface area contributed by atoms with Crippen molar-refractivity contribution in [1.29, 1.82) is 0 Å². The van der Waals surface area contributed by atoms with Gasteiger partial charge in [-0.05, 0) is 44.5 Å². The molecule has 4 nitrogen and oxygen atoms in total. The smallest absolute Gasteiger partial charge is 0.161 e. The van der Waals surface area contributed by atoms with E-state index in [-0.39, 0.29) is 0 Å². The van der Waals surface area contributed by atoms with Crippen LogP contribution in [-0.4, -0.2) is 31.9 Å². The van der Waals surface area contributed by atoms with Crippen LogP contribution in [-0.2, 0) is 5.60 Å². The van der Waals surface area contributed by atoms with Crippen LogP contribution >= 0.6 is 0 Å². The third-order valence-electron chi connectivity index (χ3n) is 3.01. The molecule has 1 atom stereocenters. The first-order valence-corrected chi connectivity index (χ1v) is 7.32. The van der Waals surface area contributed by atoms with Crippen molar-refractivity contribution in [3.05, 3.63) is 23.8 Å². The Hall–Kier alpha value is -1.26. The molecule has 0 saturated carbocycles. The van der Waals surface area contributed by atoms with Crippen LogP contribution in [0.25, 0.3) is 0 Å². The average molecular weight is 281 g/mol. The van der Waals surface area contributed by atoms with E-state index in [2.05, 4.69) is 19.2 Å². The first-order chi connectivity index (χ1) is 9.55. The summed E-state index contributed by atoms with van der Waals surface area (Å²) in [5.74, 6) is 1.44. The molecule has 2 N–H and O–H groups in total. The van der Waals surface area contributed by atoms with Gasteiger partial charge in [-0.2, -0.15) is 0 Å². The zero-order valence-corrected chi connectivity index (χ0v) is 13.0. The number of ether oxygens (including phenoxy) is 2. The Balaban J connectivity index is 2.99. The molecular weight excluding hydrogens is 254 g/mol. The average Bonchev–Trinajstić information content (AvgIpc) is 2.43. The van der Waals surface area contributed by atoms with Crippen LogP contribution in [0.4, 0.5) is 0 Å². The van der Waals surface area contributed by atoms with Crippen LogP contribution in [0.3, 0.4) is 0 Å². The van der Waals surface area contributed by atoms with E-state index in [9.17, 15) is 5.11 Å². The third kappa shape index (κ3) is 4.69. The van der Waals surface area contributed by atoms with E-state index in [0.717, 1.165) is 24.2 Å². The van der Waals surface area contributed by atoms with Gasteiger partial charge in [0.1, 0.15) is 0 Å². The Morgan fingerprint density at radius 2 is 1.70 bits per heavy atom. The number of hydrogen-bond donors (Lipinski definition) is 2. The lowest BCUT2D eigenvalue weighted by Crippen LogP contribution is -2.33. The summed E-state index contributed by atoms with van der Waals surface area (Å²) in [6, 6.07) is 5.64. The van der Waals surface area contributed by atoms with E-state index < -0.39 is 5.60 Å². The summed E-state index contributed by atoms with van der Waals surface area (Å²) in [5.41, 5.74) is -0.107. The fraction of sp³-hybridized carbons (Fsp3) is 0.625. The third-order valence-corrected chi connectivity index (χ3v) is 3.01. The summed E-state index contributed by atoms with van der Waals surface area (Å²) < 4.78 is 11.4. The van der Waals surface area contributed by atoms with Crippen molar-refractivity contribution in [2.75, 3.05) is 26.8 Å². The zero-order chi connectivity index (χ0) is 15.0. The first kappa shape index (κ1) is 16.8. The van der Waals surface area contributed by atoms with E-state index in [1.54, 1.807) is 6.92 Å². The van der Waals surface area contributed by atoms with Crippen LogP contribution in [0.2, 0.25) is 0 Å². The molecule has 0 bridgehead atoms. The standard InChI is InChI=1S/C16H27NO3/c1-5-9-19-14-8-7-13(16(3,18)12-17-4)11-15(14)20-10-6-2/h7-8,11,17-18H,5-6,9-10,12H2,1-4H3. The number of hydrogen-bond acceptors (Lipinski definition) is 4. The van der Waals surface area contributed by atoms with Crippen molar-refractivity contribution in [1.82, 2.24) is 5.32 Å². The maximum Gasteiger partial charge on any atom is 0.161 e. The summed E-state index contributed by atoms with van der Waals surface area (Å²) in [5, 5.41) is 13.4. The van der Waals surface area contributed by atoms with Crippen molar-refractivity contribution in [3.8, 4) is 11.5 Å². The minimum Gasteiger partial charge on any atom is -0.490 e. The fourth-order valence-electron chi connectivity index (χ4n) is 1.95. The van der Waals surface area contributed by atoms with Crippen LogP contribution in [0.15, 0.2) is 18.2 Å². The second kappa shape index (κ2) is 8.12. The Morgan fingerprint density at radius 3 is 2.25 bits per heavy atom. The Morgan fingerprint density at radius 1 is 1.10 bits per heavy atom. The molecule has 114 valence electrons. The quantitative estimate of drug-likeness (QED) is 0.730. The number of likely N-dealkylation sites (N-methyl/N-ethyl adjacent to an activating group) is 1. The molecule has 1 unspecified atom stereocenters. The highest BCUT2D eigenvalue weighted by Gasteiger charge is 2.23. The minimum absolute atomic E-state index is 0.482. The molecule has 0 amide bonds. The lowest BCUT2D eigenvalue weighted by Gasteiger charge is -2.24. The maximum absolute atomic E-state index is 10.4. The fourth-order valence-corrected chi connectivity index (χ4v) is 1.95. The van der Waals surface area contributed by atoms with Gasteiger partial charge in [-0.25, -0.2) is 0 Å². The second-order valence-corrected chi connectivity index (χ2v) is 5.16. The molecule has 0 fully saturated rings. The van der Waals surface area contributed by atoms with Gasteiger partial charge in [0.15, 0.2) is 11.5 Å². The molecular formula is C16H27NO3. The molecule has 0 aliphatic rings. The summed E-state index contributed by atoms with van der Waals surface area (Å²) in [7, 11) is 1.82. The molecule has 1 aromatic carbocycles. The summed E-state index contributed by atoms with van der Waals surface area (Å²) >= 11 is 0. The Labute approximate surface area is 122 Å². The highest BCUT2D eigenvalue weighted by molar-refractivity contribution is 5.44. The number of nitrogens with one attached hydrogen (secondary N) is 1. The first-order valence-electron chi connectivity index (χ1n) is 7.32. The van der Waals surface area contributed by atoms with Gasteiger partial charge in [0, 0.05) is 6.54 Å². The molecule has 0 saturated heterocycles. The van der Waals surface area contributed by atoms with E-state index in [1.807, 2.05) is 25.2 Å². The summed E-state index contributed by atoms with van der Waals surface area (Å²) in [4.78, 5) is 0. The normalized spacial score (nSPS) is 13.8. The van der Waals surface area contributed by atoms with Crippen molar-refractivity contribution in [3.63, 3.8) is 0 Å². The number of rotatable bonds is 9. The lowest BCUT2D eigenvalue weighted by molar-refractivity contribution is 0.0587. The van der Waals surface area contributed by atoms with E-state index in [1.165, 1.54) is 0 Å². The Kier molecular flexibility index (Phi) is 6.82. The molecule has 0 aromatic heterocycles. The van der Waals surface area contributed by atoms with Crippen molar-refractivity contribution in [2.24, 2.45) is 0 Å². The van der Waals surface area contributed by atoms with E-state index >= 15 is 0 Å². The van der Waals surface area contributed by atoms with Gasteiger partial charge in [0.05, 0.1) is 18.8 Å². The monoisotopic (exact) mass is 281 g/mol. The van der Waals surface area contributed by atoms with Gasteiger partial charge < -0.3 is 19.9 Å². The summed E-state index contributed by atoms with van der Waals surface area (Å²) in [6.07, 6.45) is 1.89. The largest absolute Gasteiger partial charge is 0.490 e. The molecule has 0 radical (unpaired) electrons. The second-order valence-electron chi connectivity index (χ2n) is 5.16. The summed E-state index contributed by atoms with van der Waals surface area (Å²) in [6.45, 7) is 7.70. The molecule has 4 heteroatoms. The molecule has 20 heavy (non-hydrogen) atoms. The molecule has 0 aliphatic carbocycles. The van der Waals surface area contributed by atoms with E-state index in [0.29, 0.717) is 25.5 Å². The van der Waals surface area contributed by atoms with Crippen LogP contribution in [0, 0.1) is 0 Å². The molecule has 0 heterocycles. The highest BCUT2D eigenvalue weighted by atomic mass is 16.5. The number of aliphatic hydroxyl groups is 1. The lowest BCUT2D eigenvalue weighted by atomic mass is 9.95. The van der Waals surface area contributed by atoms with Crippen molar-refractivity contribution < 1.29 is 14.6 Å². The van der Waals surface area contributed by atoms with Crippen LogP contribution in [0.1, 0.15) is 39.2 Å². The van der Waals surface area contributed by atoms with Crippen LogP contribution in [0.5, 0.6) is 11.5 Å². The zero-order valence-electron chi connectivity index (χ0n) is 13.0. The van der Waals surface area contributed by atoms with Gasteiger partial charge in [-0.15, -0.1) is 0 Å². The Bertz CT molecular complexity index is 405. The SMILES string of the molecule is CCCOc1ccc(C(C)(O)CNC)cc1OCCC. The number of benzene rings is 1. The highest BCUT2D eigenvalue weighted by Crippen LogP contribution is 2.32. The molecule has 1 aromatic rings. The topological polar surface area (TPSA) is 50.7 Å². The van der Waals surface area contributed by atoms with Gasteiger partial charge >= 0.3 is 0 Å². The van der Waals surface area contributed by atoms with Gasteiger partial charge in [0.25, 0.3) is 0 Å². The minimum atomic E-state index is -0.928. The van der Waals surface area contributed by atoms with Crippen molar-refractivity contribution >= 4 is 0 Å². The van der Waals surface area contributed by atoms with Gasteiger partial charge in [-0.3, -0.25) is 0 Å². The van der Waals surface area contributed by atoms with Gasteiger partial charge in [0.2, 0.25) is 0 Å².